The lowest BCUT2D eigenvalue weighted by atomic mass is 9.99. The average Bonchev–Trinajstić information content (AvgIpc) is 2.72. The smallest absolute Gasteiger partial charge is 0.245 e. The predicted octanol–water partition coefficient (Wildman–Crippen LogP) is 2.34. The van der Waals surface area contributed by atoms with Crippen LogP contribution >= 0.6 is 0 Å². The molecule has 28 heavy (non-hydrogen) atoms. The van der Waals surface area contributed by atoms with E-state index in [2.05, 4.69) is 17.4 Å². The molecule has 1 aliphatic heterocycles. The second-order valence-corrected chi connectivity index (χ2v) is 6.93. The lowest BCUT2D eigenvalue weighted by Crippen LogP contribution is -2.48. The Labute approximate surface area is 165 Å². The summed E-state index contributed by atoms with van der Waals surface area (Å²) in [6.07, 6.45) is 1.01. The van der Waals surface area contributed by atoms with Crippen LogP contribution in [-0.2, 0) is 29.0 Å². The van der Waals surface area contributed by atoms with Crippen LogP contribution in [0.5, 0.6) is 11.5 Å². The van der Waals surface area contributed by atoms with Crippen LogP contribution < -0.4 is 14.8 Å². The predicted molar refractivity (Wildman–Crippen MR) is 106 cm³/mol. The highest BCUT2D eigenvalue weighted by Crippen LogP contribution is 2.27. The van der Waals surface area contributed by atoms with E-state index in [0.717, 1.165) is 12.0 Å². The topological polar surface area (TPSA) is 67.9 Å². The van der Waals surface area contributed by atoms with Crippen molar-refractivity contribution in [1.82, 2.24) is 10.2 Å². The number of fused-ring (bicyclic) bond motifs is 1. The number of hydrogen-bond donors (Lipinski definition) is 1. The van der Waals surface area contributed by atoms with Crippen LogP contribution in [0.1, 0.15) is 23.6 Å². The highest BCUT2D eigenvalue weighted by atomic mass is 16.5. The van der Waals surface area contributed by atoms with Crippen LogP contribution in [0, 0.1) is 0 Å². The molecule has 2 aromatic rings. The van der Waals surface area contributed by atoms with Crippen molar-refractivity contribution in [2.45, 2.75) is 32.4 Å². The molecule has 1 atom stereocenters. The molecule has 0 spiro atoms. The van der Waals surface area contributed by atoms with E-state index in [1.165, 1.54) is 11.1 Å². The Hall–Kier alpha value is -3.02. The van der Waals surface area contributed by atoms with Gasteiger partial charge in [-0.05, 0) is 42.2 Å². The summed E-state index contributed by atoms with van der Waals surface area (Å²) in [5.41, 5.74) is 3.25. The van der Waals surface area contributed by atoms with Crippen molar-refractivity contribution in [2.75, 3.05) is 20.8 Å². The zero-order valence-corrected chi connectivity index (χ0v) is 16.5. The van der Waals surface area contributed by atoms with Gasteiger partial charge in [-0.2, -0.15) is 0 Å². The standard InChI is InChI=1S/C22H26N2O4/c1-15(22(26)24-11-10-17-6-4-5-7-18(17)14-24)23-21(25)13-16-8-9-19(27-2)20(12-16)28-3/h4-9,12,15H,10-11,13-14H2,1-3H3,(H,23,25)/t15-/m1/s1. The van der Waals surface area contributed by atoms with Crippen LogP contribution in [0.25, 0.3) is 0 Å². The SMILES string of the molecule is COc1ccc(CC(=O)N[C@H](C)C(=O)N2CCc3ccccc3C2)cc1OC. The summed E-state index contributed by atoms with van der Waals surface area (Å²) in [4.78, 5) is 27.0. The molecule has 6 heteroatoms. The number of nitrogens with one attached hydrogen (secondary N) is 1. The maximum atomic E-state index is 12.8. The zero-order chi connectivity index (χ0) is 20.1. The van der Waals surface area contributed by atoms with E-state index in [1.807, 2.05) is 23.1 Å². The molecule has 0 unspecified atom stereocenters. The first kappa shape index (κ1) is 19.7. The maximum absolute atomic E-state index is 12.8. The Morgan fingerprint density at radius 3 is 2.50 bits per heavy atom. The third-order valence-corrected chi connectivity index (χ3v) is 5.00. The highest BCUT2D eigenvalue weighted by molar-refractivity contribution is 5.88. The van der Waals surface area contributed by atoms with Gasteiger partial charge in [0.15, 0.2) is 11.5 Å². The maximum Gasteiger partial charge on any atom is 0.245 e. The number of hydrogen-bond acceptors (Lipinski definition) is 4. The molecule has 6 nitrogen and oxygen atoms in total. The van der Waals surface area contributed by atoms with Crippen molar-refractivity contribution in [2.24, 2.45) is 0 Å². The summed E-state index contributed by atoms with van der Waals surface area (Å²) in [7, 11) is 3.12. The first-order valence-corrected chi connectivity index (χ1v) is 9.37. The van der Waals surface area contributed by atoms with E-state index in [0.29, 0.717) is 24.6 Å². The summed E-state index contributed by atoms with van der Waals surface area (Å²) in [6, 6.07) is 12.9. The Kier molecular flexibility index (Phi) is 6.19. The molecule has 0 aromatic heterocycles. The second kappa shape index (κ2) is 8.78. The first-order chi connectivity index (χ1) is 13.5. The minimum absolute atomic E-state index is 0.0600. The van der Waals surface area contributed by atoms with E-state index in [9.17, 15) is 9.59 Å². The third kappa shape index (κ3) is 4.44. The van der Waals surface area contributed by atoms with Gasteiger partial charge >= 0.3 is 0 Å². The minimum atomic E-state index is -0.571. The average molecular weight is 382 g/mol. The molecule has 148 valence electrons. The van der Waals surface area contributed by atoms with Crippen LogP contribution in [0.2, 0.25) is 0 Å². The molecule has 1 heterocycles. The number of amides is 2. The molecular weight excluding hydrogens is 356 g/mol. The van der Waals surface area contributed by atoms with Crippen molar-refractivity contribution in [3.63, 3.8) is 0 Å². The van der Waals surface area contributed by atoms with Crippen molar-refractivity contribution in [3.05, 3.63) is 59.2 Å². The van der Waals surface area contributed by atoms with E-state index in [4.69, 9.17) is 9.47 Å². The fourth-order valence-corrected chi connectivity index (χ4v) is 3.49. The van der Waals surface area contributed by atoms with Crippen molar-refractivity contribution in [1.29, 1.82) is 0 Å². The number of methoxy groups -OCH3 is 2. The lowest BCUT2D eigenvalue weighted by Gasteiger charge is -2.31. The number of benzene rings is 2. The van der Waals surface area contributed by atoms with Gasteiger partial charge in [0.1, 0.15) is 6.04 Å². The molecule has 2 amide bonds. The summed E-state index contributed by atoms with van der Waals surface area (Å²) in [6.45, 7) is 2.99. The third-order valence-electron chi connectivity index (χ3n) is 5.00. The molecule has 2 aromatic carbocycles. The van der Waals surface area contributed by atoms with Gasteiger partial charge in [-0.15, -0.1) is 0 Å². The zero-order valence-electron chi connectivity index (χ0n) is 16.5. The Bertz CT molecular complexity index is 865. The van der Waals surface area contributed by atoms with Gasteiger partial charge in [-0.1, -0.05) is 30.3 Å². The molecule has 0 saturated carbocycles. The molecule has 0 bridgehead atoms. The highest BCUT2D eigenvalue weighted by Gasteiger charge is 2.25. The minimum Gasteiger partial charge on any atom is -0.493 e. The first-order valence-electron chi connectivity index (χ1n) is 9.37. The number of rotatable bonds is 6. The van der Waals surface area contributed by atoms with Gasteiger partial charge in [0.05, 0.1) is 20.6 Å². The molecule has 1 aliphatic rings. The number of carbonyl (C=O) groups excluding carboxylic acids is 2. The van der Waals surface area contributed by atoms with Gasteiger partial charge < -0.3 is 19.7 Å². The van der Waals surface area contributed by atoms with E-state index >= 15 is 0 Å². The molecule has 0 fully saturated rings. The van der Waals surface area contributed by atoms with Crippen molar-refractivity contribution >= 4 is 11.8 Å². The van der Waals surface area contributed by atoms with Crippen LogP contribution in [0.3, 0.4) is 0 Å². The number of carbonyl (C=O) groups is 2. The monoisotopic (exact) mass is 382 g/mol. The van der Waals surface area contributed by atoms with Crippen LogP contribution in [-0.4, -0.2) is 43.5 Å². The molecule has 0 aliphatic carbocycles. The van der Waals surface area contributed by atoms with Gasteiger partial charge in [-0.25, -0.2) is 0 Å². The number of nitrogens with zero attached hydrogens (tertiary/aromatic N) is 1. The Morgan fingerprint density at radius 2 is 1.79 bits per heavy atom. The number of ether oxygens (including phenoxy) is 2. The largest absolute Gasteiger partial charge is 0.493 e. The Morgan fingerprint density at radius 1 is 1.07 bits per heavy atom. The summed E-state index contributed by atoms with van der Waals surface area (Å²) in [5, 5.41) is 2.81. The van der Waals surface area contributed by atoms with Gasteiger partial charge in [-0.3, -0.25) is 9.59 Å². The van der Waals surface area contributed by atoms with E-state index in [1.54, 1.807) is 33.3 Å². The summed E-state index contributed by atoms with van der Waals surface area (Å²) < 4.78 is 10.5. The van der Waals surface area contributed by atoms with Crippen LogP contribution in [0.15, 0.2) is 42.5 Å². The molecular formula is C22H26N2O4. The molecule has 0 radical (unpaired) electrons. The van der Waals surface area contributed by atoms with Gasteiger partial charge in [0.2, 0.25) is 11.8 Å². The lowest BCUT2D eigenvalue weighted by molar-refractivity contribution is -0.136. The summed E-state index contributed by atoms with van der Waals surface area (Å²) >= 11 is 0. The van der Waals surface area contributed by atoms with E-state index in [-0.39, 0.29) is 18.2 Å². The Balaban J connectivity index is 1.58. The van der Waals surface area contributed by atoms with Crippen molar-refractivity contribution in [3.8, 4) is 11.5 Å². The van der Waals surface area contributed by atoms with Crippen molar-refractivity contribution < 1.29 is 19.1 Å². The second-order valence-electron chi connectivity index (χ2n) is 6.93. The normalized spacial score (nSPS) is 14.0. The fraction of sp³-hybridized carbons (Fsp3) is 0.364. The quantitative estimate of drug-likeness (QED) is 0.833. The van der Waals surface area contributed by atoms with Gasteiger partial charge in [0, 0.05) is 13.1 Å². The van der Waals surface area contributed by atoms with Gasteiger partial charge in [0.25, 0.3) is 0 Å². The van der Waals surface area contributed by atoms with Crippen LogP contribution in [0.4, 0.5) is 0 Å². The summed E-state index contributed by atoms with van der Waals surface area (Å²) in [5.74, 6) is 0.921. The molecule has 0 saturated heterocycles. The molecule has 1 N–H and O–H groups in total. The fourth-order valence-electron chi connectivity index (χ4n) is 3.49. The molecule has 3 rings (SSSR count). The van der Waals surface area contributed by atoms with E-state index < -0.39 is 6.04 Å².